The van der Waals surface area contributed by atoms with Gasteiger partial charge < -0.3 is 20.1 Å². The number of benzene rings is 2. The van der Waals surface area contributed by atoms with Crippen molar-refractivity contribution >= 4 is 17.4 Å². The molecule has 6 nitrogen and oxygen atoms in total. The van der Waals surface area contributed by atoms with Crippen molar-refractivity contribution in [3.8, 4) is 11.5 Å². The van der Waals surface area contributed by atoms with E-state index < -0.39 is 0 Å². The number of rotatable bonds is 9. The normalized spacial score (nSPS) is 10.3. The molecule has 0 bridgehead atoms. The van der Waals surface area contributed by atoms with Crippen LogP contribution in [0.3, 0.4) is 0 Å². The summed E-state index contributed by atoms with van der Waals surface area (Å²) in [6.45, 7) is 2.68. The van der Waals surface area contributed by atoms with Gasteiger partial charge in [-0.05, 0) is 48.9 Å². The van der Waals surface area contributed by atoms with Crippen molar-refractivity contribution in [3.63, 3.8) is 0 Å². The van der Waals surface area contributed by atoms with Crippen molar-refractivity contribution in [2.75, 3.05) is 26.1 Å². The number of Topliss-reactive ketones (excluding diaryl/α,β-unsaturated/α-hetero) is 1. The van der Waals surface area contributed by atoms with Gasteiger partial charge >= 0.3 is 0 Å². The lowest BCUT2D eigenvalue weighted by molar-refractivity contribution is -0.116. The fourth-order valence-corrected chi connectivity index (χ4v) is 2.44. The van der Waals surface area contributed by atoms with Gasteiger partial charge in [-0.15, -0.1) is 0 Å². The third-order valence-corrected chi connectivity index (χ3v) is 3.88. The lowest BCUT2D eigenvalue weighted by Gasteiger charge is -2.10. The third-order valence-electron chi connectivity index (χ3n) is 3.88. The van der Waals surface area contributed by atoms with E-state index in [4.69, 9.17) is 9.47 Å². The number of methoxy groups -OCH3 is 2. The Bertz CT molecular complexity index is 757. The highest BCUT2D eigenvalue weighted by Crippen LogP contribution is 2.27. The van der Waals surface area contributed by atoms with E-state index in [0.29, 0.717) is 42.3 Å². The molecule has 6 heteroatoms. The molecule has 0 unspecified atom stereocenters. The Balaban J connectivity index is 1.75. The smallest absolute Gasteiger partial charge is 0.225 e. The molecule has 2 rings (SSSR count). The standard InChI is InChI=1S/C20H24N2O4/c1-14(23)16-5-7-17(8-6-16)22-20(24)10-11-21-13-15-4-9-18(25-2)19(12-15)26-3/h4-9,12,21H,10-11,13H2,1-3H3,(H,22,24). The van der Waals surface area contributed by atoms with E-state index in [1.54, 1.807) is 38.5 Å². The van der Waals surface area contributed by atoms with E-state index in [9.17, 15) is 9.59 Å². The van der Waals surface area contributed by atoms with Crippen molar-refractivity contribution in [2.45, 2.75) is 19.9 Å². The molecule has 26 heavy (non-hydrogen) atoms. The highest BCUT2D eigenvalue weighted by molar-refractivity contribution is 5.95. The summed E-state index contributed by atoms with van der Waals surface area (Å²) < 4.78 is 10.5. The fourth-order valence-electron chi connectivity index (χ4n) is 2.44. The summed E-state index contributed by atoms with van der Waals surface area (Å²) in [6, 6.07) is 12.6. The predicted molar refractivity (Wildman–Crippen MR) is 101 cm³/mol. The second-order valence-corrected chi connectivity index (χ2v) is 5.80. The molecule has 2 aromatic carbocycles. The molecule has 0 fully saturated rings. The number of hydrogen-bond acceptors (Lipinski definition) is 5. The van der Waals surface area contributed by atoms with Crippen LogP contribution in [0.5, 0.6) is 11.5 Å². The molecular formula is C20H24N2O4. The monoisotopic (exact) mass is 356 g/mol. The maximum atomic E-state index is 12.0. The van der Waals surface area contributed by atoms with Crippen molar-refractivity contribution in [1.82, 2.24) is 5.32 Å². The zero-order valence-corrected chi connectivity index (χ0v) is 15.3. The van der Waals surface area contributed by atoms with Crippen LogP contribution in [0.25, 0.3) is 0 Å². The first kappa shape index (κ1) is 19.5. The Morgan fingerprint density at radius 3 is 2.27 bits per heavy atom. The molecule has 0 aliphatic rings. The topological polar surface area (TPSA) is 76.7 Å². The van der Waals surface area contributed by atoms with Gasteiger partial charge in [-0.3, -0.25) is 9.59 Å². The Morgan fingerprint density at radius 2 is 1.65 bits per heavy atom. The van der Waals surface area contributed by atoms with Crippen LogP contribution in [0.15, 0.2) is 42.5 Å². The molecule has 0 heterocycles. The number of ether oxygens (including phenoxy) is 2. The van der Waals surface area contributed by atoms with Crippen LogP contribution in [0, 0.1) is 0 Å². The van der Waals surface area contributed by atoms with Gasteiger partial charge in [0.2, 0.25) is 5.91 Å². The average molecular weight is 356 g/mol. The van der Waals surface area contributed by atoms with Crippen LogP contribution in [-0.4, -0.2) is 32.5 Å². The summed E-state index contributed by atoms with van der Waals surface area (Å²) in [4.78, 5) is 23.2. The van der Waals surface area contributed by atoms with Gasteiger partial charge in [0.15, 0.2) is 17.3 Å². The van der Waals surface area contributed by atoms with E-state index in [0.717, 1.165) is 5.56 Å². The number of hydrogen-bond donors (Lipinski definition) is 2. The summed E-state index contributed by atoms with van der Waals surface area (Å²) >= 11 is 0. The SMILES string of the molecule is COc1ccc(CNCCC(=O)Nc2ccc(C(C)=O)cc2)cc1OC. The lowest BCUT2D eigenvalue weighted by Crippen LogP contribution is -2.21. The zero-order chi connectivity index (χ0) is 18.9. The van der Waals surface area contributed by atoms with Crippen LogP contribution in [0.4, 0.5) is 5.69 Å². The number of carbonyl (C=O) groups excluding carboxylic acids is 2. The van der Waals surface area contributed by atoms with E-state index in [2.05, 4.69) is 10.6 Å². The second-order valence-electron chi connectivity index (χ2n) is 5.80. The minimum atomic E-state index is -0.0830. The van der Waals surface area contributed by atoms with Crippen molar-refractivity contribution in [1.29, 1.82) is 0 Å². The molecule has 0 saturated heterocycles. The van der Waals surface area contributed by atoms with E-state index in [1.165, 1.54) is 6.92 Å². The number of ketones is 1. The molecule has 2 N–H and O–H groups in total. The molecule has 0 aliphatic heterocycles. The molecule has 0 radical (unpaired) electrons. The molecule has 138 valence electrons. The first-order chi connectivity index (χ1) is 12.5. The van der Waals surface area contributed by atoms with Gasteiger partial charge in [0.25, 0.3) is 0 Å². The number of nitrogens with one attached hydrogen (secondary N) is 2. The van der Waals surface area contributed by atoms with Crippen LogP contribution in [-0.2, 0) is 11.3 Å². The summed E-state index contributed by atoms with van der Waals surface area (Å²) in [7, 11) is 3.20. The lowest BCUT2D eigenvalue weighted by atomic mass is 10.1. The van der Waals surface area contributed by atoms with E-state index >= 15 is 0 Å². The van der Waals surface area contributed by atoms with Crippen LogP contribution < -0.4 is 20.1 Å². The summed E-state index contributed by atoms with van der Waals surface area (Å²) in [6.07, 6.45) is 0.349. The quantitative estimate of drug-likeness (QED) is 0.533. The molecular weight excluding hydrogens is 332 g/mol. The number of amides is 1. The molecule has 0 aliphatic carbocycles. The Labute approximate surface area is 153 Å². The van der Waals surface area contributed by atoms with Gasteiger partial charge in [0, 0.05) is 30.8 Å². The Kier molecular flexibility index (Phi) is 7.17. The highest BCUT2D eigenvalue weighted by atomic mass is 16.5. The molecule has 0 aromatic heterocycles. The third kappa shape index (κ3) is 5.60. The number of anilines is 1. The molecule has 2 aromatic rings. The first-order valence-electron chi connectivity index (χ1n) is 8.36. The molecule has 0 saturated carbocycles. The van der Waals surface area contributed by atoms with Gasteiger partial charge in [0.1, 0.15) is 0 Å². The molecule has 0 spiro atoms. The second kappa shape index (κ2) is 9.58. The Morgan fingerprint density at radius 1 is 0.962 bits per heavy atom. The van der Waals surface area contributed by atoms with Gasteiger partial charge in [-0.2, -0.15) is 0 Å². The summed E-state index contributed by atoms with van der Waals surface area (Å²) in [5.74, 6) is 1.28. The maximum absolute atomic E-state index is 12.0. The zero-order valence-electron chi connectivity index (χ0n) is 15.3. The van der Waals surface area contributed by atoms with E-state index in [-0.39, 0.29) is 11.7 Å². The highest BCUT2D eigenvalue weighted by Gasteiger charge is 2.06. The van der Waals surface area contributed by atoms with E-state index in [1.807, 2.05) is 18.2 Å². The minimum absolute atomic E-state index is 0.00207. The van der Waals surface area contributed by atoms with Crippen LogP contribution in [0.2, 0.25) is 0 Å². The van der Waals surface area contributed by atoms with Crippen molar-refractivity contribution < 1.29 is 19.1 Å². The predicted octanol–water partition coefficient (Wildman–Crippen LogP) is 3.02. The van der Waals surface area contributed by atoms with Crippen LogP contribution >= 0.6 is 0 Å². The van der Waals surface area contributed by atoms with Gasteiger partial charge in [-0.1, -0.05) is 6.07 Å². The first-order valence-corrected chi connectivity index (χ1v) is 8.36. The maximum Gasteiger partial charge on any atom is 0.225 e. The van der Waals surface area contributed by atoms with Gasteiger partial charge in [0.05, 0.1) is 14.2 Å². The molecule has 0 atom stereocenters. The fraction of sp³-hybridized carbons (Fsp3) is 0.300. The van der Waals surface area contributed by atoms with Gasteiger partial charge in [-0.25, -0.2) is 0 Å². The largest absolute Gasteiger partial charge is 0.493 e. The molecule has 1 amide bonds. The Hall–Kier alpha value is -2.86. The number of carbonyl (C=O) groups is 2. The van der Waals surface area contributed by atoms with Crippen molar-refractivity contribution in [2.24, 2.45) is 0 Å². The summed E-state index contributed by atoms with van der Waals surface area (Å²) in [5, 5.41) is 6.04. The minimum Gasteiger partial charge on any atom is -0.493 e. The van der Waals surface area contributed by atoms with Crippen LogP contribution in [0.1, 0.15) is 29.3 Å². The van der Waals surface area contributed by atoms with Crippen molar-refractivity contribution in [3.05, 3.63) is 53.6 Å². The summed E-state index contributed by atoms with van der Waals surface area (Å²) in [5.41, 5.74) is 2.35. The average Bonchev–Trinajstić information content (AvgIpc) is 2.65.